The lowest BCUT2D eigenvalue weighted by Gasteiger charge is -2.28. The van der Waals surface area contributed by atoms with Gasteiger partial charge in [0.1, 0.15) is 5.69 Å². The van der Waals surface area contributed by atoms with Crippen LogP contribution in [0.3, 0.4) is 0 Å². The van der Waals surface area contributed by atoms with E-state index < -0.39 is 14.8 Å². The standard InChI is InChI=1S/C14H23N3O4S/c1-14(2,10-16(3)4)9-15-12-7-6-11(22(5,20)21)8-13(12)17(18)19/h6-8,15H,9-10H2,1-5H3. The molecule has 7 nitrogen and oxygen atoms in total. The van der Waals surface area contributed by atoms with E-state index in [9.17, 15) is 18.5 Å². The number of hydrogen-bond acceptors (Lipinski definition) is 6. The van der Waals surface area contributed by atoms with Crippen molar-refractivity contribution in [1.29, 1.82) is 0 Å². The molecule has 0 aliphatic rings. The van der Waals surface area contributed by atoms with E-state index in [2.05, 4.69) is 19.2 Å². The molecular formula is C14H23N3O4S. The molecule has 0 fully saturated rings. The Morgan fingerprint density at radius 2 is 1.91 bits per heavy atom. The van der Waals surface area contributed by atoms with Gasteiger partial charge in [0.2, 0.25) is 0 Å². The van der Waals surface area contributed by atoms with Crippen LogP contribution >= 0.6 is 0 Å². The first-order valence-corrected chi connectivity index (χ1v) is 8.69. The molecule has 0 saturated carbocycles. The fourth-order valence-electron chi connectivity index (χ4n) is 2.29. The lowest BCUT2D eigenvalue weighted by molar-refractivity contribution is -0.384. The first kappa shape index (κ1) is 18.4. The Labute approximate surface area is 131 Å². The molecule has 124 valence electrons. The molecule has 0 aliphatic heterocycles. The maximum Gasteiger partial charge on any atom is 0.293 e. The van der Waals surface area contributed by atoms with E-state index in [1.807, 2.05) is 19.0 Å². The van der Waals surface area contributed by atoms with Gasteiger partial charge in [-0.2, -0.15) is 0 Å². The Bertz CT molecular complexity index is 654. The van der Waals surface area contributed by atoms with Crippen molar-refractivity contribution in [2.24, 2.45) is 5.41 Å². The van der Waals surface area contributed by atoms with Crippen LogP contribution in [0.15, 0.2) is 23.1 Å². The van der Waals surface area contributed by atoms with E-state index >= 15 is 0 Å². The van der Waals surface area contributed by atoms with Gasteiger partial charge in [0, 0.05) is 25.4 Å². The summed E-state index contributed by atoms with van der Waals surface area (Å²) in [4.78, 5) is 12.6. The molecule has 0 aromatic heterocycles. The molecule has 0 atom stereocenters. The molecule has 0 unspecified atom stereocenters. The van der Waals surface area contributed by atoms with Crippen LogP contribution in [-0.4, -0.2) is 51.7 Å². The van der Waals surface area contributed by atoms with Crippen LogP contribution in [0.2, 0.25) is 0 Å². The fourth-order valence-corrected chi connectivity index (χ4v) is 2.93. The summed E-state index contributed by atoms with van der Waals surface area (Å²) >= 11 is 0. The summed E-state index contributed by atoms with van der Waals surface area (Å²) in [5, 5.41) is 14.2. The molecule has 8 heteroatoms. The third-order valence-corrected chi connectivity index (χ3v) is 4.21. The summed E-state index contributed by atoms with van der Waals surface area (Å²) in [5.74, 6) is 0. The highest BCUT2D eigenvalue weighted by atomic mass is 32.2. The molecule has 0 bridgehead atoms. The predicted octanol–water partition coefficient (Wildman–Crippen LogP) is 2.00. The fraction of sp³-hybridized carbons (Fsp3) is 0.571. The second-order valence-corrected chi connectivity index (χ2v) is 8.48. The number of nitrogens with one attached hydrogen (secondary N) is 1. The van der Waals surface area contributed by atoms with Crippen molar-refractivity contribution in [3.63, 3.8) is 0 Å². The molecule has 1 aromatic carbocycles. The first-order chi connectivity index (χ1) is 9.92. The largest absolute Gasteiger partial charge is 0.379 e. The van der Waals surface area contributed by atoms with Crippen LogP contribution in [0.5, 0.6) is 0 Å². The van der Waals surface area contributed by atoms with E-state index in [1.54, 1.807) is 0 Å². The summed E-state index contributed by atoms with van der Waals surface area (Å²) < 4.78 is 23.0. The molecule has 0 spiro atoms. The lowest BCUT2D eigenvalue weighted by Crippen LogP contribution is -2.34. The normalized spacial score (nSPS) is 12.5. The molecule has 1 aromatic rings. The first-order valence-electron chi connectivity index (χ1n) is 6.79. The van der Waals surface area contributed by atoms with Gasteiger partial charge in [0.25, 0.3) is 5.69 Å². The number of benzene rings is 1. The van der Waals surface area contributed by atoms with Gasteiger partial charge in [0.05, 0.1) is 9.82 Å². The molecule has 0 heterocycles. The molecule has 0 aliphatic carbocycles. The minimum absolute atomic E-state index is 0.0581. The molecule has 0 amide bonds. The Morgan fingerprint density at radius 3 is 2.36 bits per heavy atom. The average Bonchev–Trinajstić information content (AvgIpc) is 2.33. The third kappa shape index (κ3) is 5.27. The van der Waals surface area contributed by atoms with Crippen LogP contribution in [0.4, 0.5) is 11.4 Å². The van der Waals surface area contributed by atoms with Crippen molar-refractivity contribution in [1.82, 2.24) is 4.90 Å². The average molecular weight is 329 g/mol. The second-order valence-electron chi connectivity index (χ2n) is 6.46. The number of anilines is 1. The van der Waals surface area contributed by atoms with Gasteiger partial charge in [-0.3, -0.25) is 10.1 Å². The van der Waals surface area contributed by atoms with Crippen molar-refractivity contribution in [3.8, 4) is 0 Å². The number of hydrogen-bond donors (Lipinski definition) is 1. The highest BCUT2D eigenvalue weighted by Gasteiger charge is 2.22. The van der Waals surface area contributed by atoms with Crippen LogP contribution < -0.4 is 5.32 Å². The molecule has 0 radical (unpaired) electrons. The smallest absolute Gasteiger partial charge is 0.293 e. The van der Waals surface area contributed by atoms with Gasteiger partial charge in [0.15, 0.2) is 9.84 Å². The van der Waals surface area contributed by atoms with Crippen molar-refractivity contribution in [2.75, 3.05) is 38.8 Å². The van der Waals surface area contributed by atoms with Crippen LogP contribution in [-0.2, 0) is 9.84 Å². The number of nitro groups is 1. The second kappa shape index (κ2) is 6.62. The highest BCUT2D eigenvalue weighted by Crippen LogP contribution is 2.29. The molecule has 0 saturated heterocycles. The van der Waals surface area contributed by atoms with Crippen molar-refractivity contribution >= 4 is 21.2 Å². The van der Waals surface area contributed by atoms with Gasteiger partial charge in [-0.05, 0) is 31.6 Å². The number of sulfone groups is 1. The van der Waals surface area contributed by atoms with E-state index in [1.165, 1.54) is 12.1 Å². The quantitative estimate of drug-likeness (QED) is 0.607. The molecular weight excluding hydrogens is 306 g/mol. The van der Waals surface area contributed by atoms with E-state index in [4.69, 9.17) is 0 Å². The third-order valence-electron chi connectivity index (χ3n) is 3.10. The zero-order valence-corrected chi connectivity index (χ0v) is 14.4. The monoisotopic (exact) mass is 329 g/mol. The van der Waals surface area contributed by atoms with Crippen LogP contribution in [0, 0.1) is 15.5 Å². The number of nitrogens with zero attached hydrogens (tertiary/aromatic N) is 2. The Hall–Kier alpha value is -1.67. The minimum atomic E-state index is -3.47. The van der Waals surface area contributed by atoms with Gasteiger partial charge < -0.3 is 10.2 Å². The SMILES string of the molecule is CN(C)CC(C)(C)CNc1ccc(S(C)(=O)=O)cc1[N+](=O)[O-]. The van der Waals surface area contributed by atoms with Crippen LogP contribution in [0.25, 0.3) is 0 Å². The minimum Gasteiger partial charge on any atom is -0.379 e. The maximum atomic E-state index is 11.5. The summed E-state index contributed by atoms with van der Waals surface area (Å²) in [5.41, 5.74) is 0.000160. The van der Waals surface area contributed by atoms with Crippen molar-refractivity contribution < 1.29 is 13.3 Å². The maximum absolute atomic E-state index is 11.5. The van der Waals surface area contributed by atoms with Gasteiger partial charge >= 0.3 is 0 Å². The number of rotatable bonds is 7. The highest BCUT2D eigenvalue weighted by molar-refractivity contribution is 7.90. The van der Waals surface area contributed by atoms with Gasteiger partial charge in [-0.1, -0.05) is 13.8 Å². The summed E-state index contributed by atoms with van der Waals surface area (Å²) in [6.45, 7) is 5.45. The Morgan fingerprint density at radius 1 is 1.32 bits per heavy atom. The van der Waals surface area contributed by atoms with Gasteiger partial charge in [-0.15, -0.1) is 0 Å². The zero-order valence-electron chi connectivity index (χ0n) is 13.6. The Balaban J connectivity index is 3.03. The zero-order chi connectivity index (χ0) is 17.1. The topological polar surface area (TPSA) is 92.6 Å². The summed E-state index contributed by atoms with van der Waals surface area (Å²) in [7, 11) is 0.453. The molecule has 22 heavy (non-hydrogen) atoms. The molecule has 1 rings (SSSR count). The van der Waals surface area contributed by atoms with E-state index in [-0.39, 0.29) is 16.0 Å². The summed E-state index contributed by atoms with van der Waals surface area (Å²) in [6, 6.07) is 3.92. The van der Waals surface area contributed by atoms with Crippen LogP contribution in [0.1, 0.15) is 13.8 Å². The summed E-state index contributed by atoms with van der Waals surface area (Å²) in [6.07, 6.45) is 1.03. The van der Waals surface area contributed by atoms with E-state index in [0.717, 1.165) is 18.9 Å². The van der Waals surface area contributed by atoms with E-state index in [0.29, 0.717) is 12.2 Å². The van der Waals surface area contributed by atoms with Gasteiger partial charge in [-0.25, -0.2) is 8.42 Å². The van der Waals surface area contributed by atoms with Crippen molar-refractivity contribution in [3.05, 3.63) is 28.3 Å². The Kier molecular flexibility index (Phi) is 5.53. The lowest BCUT2D eigenvalue weighted by atomic mass is 9.93. The molecule has 1 N–H and O–H groups in total. The van der Waals surface area contributed by atoms with Crippen molar-refractivity contribution in [2.45, 2.75) is 18.7 Å². The number of nitro benzene ring substituents is 1. The predicted molar refractivity (Wildman–Crippen MR) is 87.0 cm³/mol.